The number of hydrazine groups is 1. The van der Waals surface area contributed by atoms with Gasteiger partial charge in [0.25, 0.3) is 0 Å². The number of halogens is 2. The minimum Gasteiger partial charge on any atom is -0.271 e. The second-order valence-corrected chi connectivity index (χ2v) is 6.32. The molecule has 0 amide bonds. The summed E-state index contributed by atoms with van der Waals surface area (Å²) in [6.07, 6.45) is 1.71. The van der Waals surface area contributed by atoms with Crippen molar-refractivity contribution in [2.45, 2.75) is 18.9 Å². The number of rotatable bonds is 5. The summed E-state index contributed by atoms with van der Waals surface area (Å²) >= 11 is 11.4. The summed E-state index contributed by atoms with van der Waals surface area (Å²) in [4.78, 5) is 1.30. The highest BCUT2D eigenvalue weighted by atomic mass is 79.9. The maximum absolute atomic E-state index is 6.16. The molecule has 1 unspecified atom stereocenters. The van der Waals surface area contributed by atoms with Crippen LogP contribution in [0.2, 0.25) is 5.02 Å². The molecule has 2 rings (SSSR count). The van der Waals surface area contributed by atoms with Crippen molar-refractivity contribution in [2.75, 3.05) is 0 Å². The molecule has 5 heteroatoms. The largest absolute Gasteiger partial charge is 0.271 e. The van der Waals surface area contributed by atoms with Gasteiger partial charge in [0, 0.05) is 20.4 Å². The Morgan fingerprint density at radius 3 is 2.67 bits per heavy atom. The lowest BCUT2D eigenvalue weighted by Gasteiger charge is -2.16. The van der Waals surface area contributed by atoms with Crippen LogP contribution in [0.1, 0.15) is 10.4 Å². The van der Waals surface area contributed by atoms with Crippen LogP contribution in [0, 0.1) is 0 Å². The summed E-state index contributed by atoms with van der Waals surface area (Å²) in [5.74, 6) is 5.63. The second-order valence-electron chi connectivity index (χ2n) is 4.05. The van der Waals surface area contributed by atoms with E-state index in [1.54, 1.807) is 11.3 Å². The minimum atomic E-state index is 0.180. The van der Waals surface area contributed by atoms with Gasteiger partial charge in [0.05, 0.1) is 0 Å². The van der Waals surface area contributed by atoms with E-state index in [1.807, 2.05) is 24.3 Å². The van der Waals surface area contributed by atoms with Crippen LogP contribution in [0.5, 0.6) is 0 Å². The van der Waals surface area contributed by atoms with Gasteiger partial charge < -0.3 is 0 Å². The van der Waals surface area contributed by atoms with Crippen LogP contribution in [0.15, 0.2) is 40.2 Å². The zero-order valence-electron chi connectivity index (χ0n) is 9.70. The predicted octanol–water partition coefficient (Wildman–Crippen LogP) is 3.78. The highest BCUT2D eigenvalue weighted by Crippen LogP contribution is 2.25. The number of benzene rings is 1. The highest BCUT2D eigenvalue weighted by molar-refractivity contribution is 9.10. The molecule has 0 radical (unpaired) electrons. The second kappa shape index (κ2) is 6.68. The molecule has 0 aliphatic rings. The molecule has 0 spiro atoms. The zero-order valence-corrected chi connectivity index (χ0v) is 12.9. The Morgan fingerprint density at radius 2 is 2.06 bits per heavy atom. The first-order valence-electron chi connectivity index (χ1n) is 5.62. The molecule has 1 aromatic heterocycles. The van der Waals surface area contributed by atoms with Gasteiger partial charge in [-0.15, -0.1) is 11.3 Å². The topological polar surface area (TPSA) is 38.0 Å². The van der Waals surface area contributed by atoms with Crippen LogP contribution in [0.4, 0.5) is 0 Å². The van der Waals surface area contributed by atoms with E-state index in [0.717, 1.165) is 27.9 Å². The van der Waals surface area contributed by atoms with E-state index in [2.05, 4.69) is 32.8 Å². The Balaban J connectivity index is 2.06. The van der Waals surface area contributed by atoms with Crippen molar-refractivity contribution in [2.24, 2.45) is 5.84 Å². The molecule has 2 nitrogen and oxygen atoms in total. The molecule has 1 aromatic carbocycles. The van der Waals surface area contributed by atoms with E-state index in [4.69, 9.17) is 17.4 Å². The summed E-state index contributed by atoms with van der Waals surface area (Å²) in [7, 11) is 0. The van der Waals surface area contributed by atoms with Crippen molar-refractivity contribution in [3.8, 4) is 0 Å². The zero-order chi connectivity index (χ0) is 13.0. The van der Waals surface area contributed by atoms with Gasteiger partial charge in [-0.05, 0) is 51.8 Å². The van der Waals surface area contributed by atoms with E-state index in [9.17, 15) is 0 Å². The first kappa shape index (κ1) is 14.0. The SMILES string of the molecule is NNC(Cc1ccccc1Cl)Cc1sccc1Br. The van der Waals surface area contributed by atoms with Gasteiger partial charge >= 0.3 is 0 Å². The predicted molar refractivity (Wildman–Crippen MR) is 82.0 cm³/mol. The van der Waals surface area contributed by atoms with Gasteiger partial charge in [-0.25, -0.2) is 0 Å². The number of thiophene rings is 1. The number of nitrogens with two attached hydrogens (primary N) is 1. The third-order valence-electron chi connectivity index (χ3n) is 2.78. The van der Waals surface area contributed by atoms with Gasteiger partial charge in [0.15, 0.2) is 0 Å². The van der Waals surface area contributed by atoms with Gasteiger partial charge in [0.2, 0.25) is 0 Å². The molecule has 0 bridgehead atoms. The highest BCUT2D eigenvalue weighted by Gasteiger charge is 2.13. The van der Waals surface area contributed by atoms with Crippen molar-refractivity contribution in [3.05, 3.63) is 55.6 Å². The number of nitrogens with one attached hydrogen (secondary N) is 1. The van der Waals surface area contributed by atoms with Gasteiger partial charge in [0.1, 0.15) is 0 Å². The lowest BCUT2D eigenvalue weighted by atomic mass is 10.0. The molecule has 18 heavy (non-hydrogen) atoms. The molecule has 0 aliphatic carbocycles. The third-order valence-corrected chi connectivity index (χ3v) is 5.10. The number of hydrogen-bond donors (Lipinski definition) is 2. The van der Waals surface area contributed by atoms with E-state index in [0.29, 0.717) is 0 Å². The first-order chi connectivity index (χ1) is 8.70. The van der Waals surface area contributed by atoms with Gasteiger partial charge in [-0.1, -0.05) is 29.8 Å². The average molecular weight is 346 g/mol. The van der Waals surface area contributed by atoms with Crippen LogP contribution >= 0.6 is 38.9 Å². The van der Waals surface area contributed by atoms with Crippen LogP contribution in [0.25, 0.3) is 0 Å². The Kier molecular flexibility index (Phi) is 5.21. The smallest absolute Gasteiger partial charge is 0.0438 e. The van der Waals surface area contributed by atoms with Crippen molar-refractivity contribution >= 4 is 38.9 Å². The quantitative estimate of drug-likeness (QED) is 0.639. The van der Waals surface area contributed by atoms with E-state index < -0.39 is 0 Å². The van der Waals surface area contributed by atoms with Crippen molar-refractivity contribution in [3.63, 3.8) is 0 Å². The molecule has 1 atom stereocenters. The van der Waals surface area contributed by atoms with Crippen LogP contribution < -0.4 is 11.3 Å². The Labute approximate surface area is 124 Å². The fraction of sp³-hybridized carbons (Fsp3) is 0.231. The molecular weight excluding hydrogens is 332 g/mol. The monoisotopic (exact) mass is 344 g/mol. The maximum Gasteiger partial charge on any atom is 0.0438 e. The molecular formula is C13H14BrClN2S. The molecule has 96 valence electrons. The normalized spacial score (nSPS) is 12.6. The minimum absolute atomic E-state index is 0.180. The molecule has 0 saturated carbocycles. The van der Waals surface area contributed by atoms with Crippen LogP contribution in [-0.2, 0) is 12.8 Å². The summed E-state index contributed by atoms with van der Waals surface area (Å²) in [6, 6.07) is 10.1. The van der Waals surface area contributed by atoms with Gasteiger partial charge in [-0.3, -0.25) is 11.3 Å². The average Bonchev–Trinajstić information content (AvgIpc) is 2.77. The maximum atomic E-state index is 6.16. The Bertz CT molecular complexity index is 515. The lowest BCUT2D eigenvalue weighted by Crippen LogP contribution is -2.38. The van der Waals surface area contributed by atoms with Crippen molar-refractivity contribution < 1.29 is 0 Å². The third kappa shape index (κ3) is 3.56. The molecule has 2 aromatic rings. The summed E-state index contributed by atoms with van der Waals surface area (Å²) in [5.41, 5.74) is 3.99. The van der Waals surface area contributed by atoms with Crippen molar-refractivity contribution in [1.82, 2.24) is 5.43 Å². The fourth-order valence-electron chi connectivity index (χ4n) is 1.81. The molecule has 3 N–H and O–H groups in total. The van der Waals surface area contributed by atoms with E-state index in [-0.39, 0.29) is 6.04 Å². The van der Waals surface area contributed by atoms with Crippen molar-refractivity contribution in [1.29, 1.82) is 0 Å². The van der Waals surface area contributed by atoms with Crippen LogP contribution in [0.3, 0.4) is 0 Å². The van der Waals surface area contributed by atoms with E-state index >= 15 is 0 Å². The van der Waals surface area contributed by atoms with Crippen LogP contribution in [-0.4, -0.2) is 6.04 Å². The van der Waals surface area contributed by atoms with E-state index in [1.165, 1.54) is 4.88 Å². The standard InChI is InChI=1S/C13H14BrClN2S/c14-11-5-6-18-13(11)8-10(17-16)7-9-3-1-2-4-12(9)15/h1-6,10,17H,7-8,16H2. The molecule has 1 heterocycles. The fourth-order valence-corrected chi connectivity index (χ4v) is 3.62. The molecule has 0 aliphatic heterocycles. The lowest BCUT2D eigenvalue weighted by molar-refractivity contribution is 0.525. The van der Waals surface area contributed by atoms with Gasteiger partial charge in [-0.2, -0.15) is 0 Å². The summed E-state index contributed by atoms with van der Waals surface area (Å²) in [6.45, 7) is 0. The summed E-state index contributed by atoms with van der Waals surface area (Å²) in [5, 5.41) is 2.87. The first-order valence-corrected chi connectivity index (χ1v) is 7.67. The molecule has 0 fully saturated rings. The Hall–Kier alpha value is -0.390. The Morgan fingerprint density at radius 1 is 1.28 bits per heavy atom. The summed E-state index contributed by atoms with van der Waals surface area (Å²) < 4.78 is 1.15. The molecule has 0 saturated heterocycles. The number of hydrogen-bond acceptors (Lipinski definition) is 3.